The van der Waals surface area contributed by atoms with E-state index in [-0.39, 0.29) is 0 Å². The fraction of sp³-hybridized carbons (Fsp3) is 0.167. The maximum Gasteiger partial charge on any atom is -0.0152 e. The Kier molecular flexibility index (Phi) is 5.63. The molecule has 0 bridgehead atoms. The van der Waals surface area contributed by atoms with E-state index in [9.17, 15) is 0 Å². The molecular weight excluding hydrogens is 288 g/mol. The molecule has 0 saturated heterocycles. The van der Waals surface area contributed by atoms with Crippen LogP contribution in [0.25, 0.3) is 22.3 Å². The Bertz CT molecular complexity index is 767. The predicted octanol–water partition coefficient (Wildman–Crippen LogP) is 6.92. The Labute approximate surface area is 145 Å². The summed E-state index contributed by atoms with van der Waals surface area (Å²) in [6, 6.07) is 28.2. The number of unbranched alkanes of at least 4 members (excludes halogenated alkanes) is 2. The van der Waals surface area contributed by atoms with E-state index in [1.807, 2.05) is 6.08 Å². The van der Waals surface area contributed by atoms with Crippen molar-refractivity contribution in [2.45, 2.75) is 25.7 Å². The van der Waals surface area contributed by atoms with E-state index < -0.39 is 0 Å². The first-order valence-corrected chi connectivity index (χ1v) is 8.73. The standard InChI is InChI=1S/C24H24/c1-2-3-4-6-13-22-14-9-10-15-24(22)23-18-16-21(17-19-23)20-11-7-5-8-12-20/h2,5,7-12,14-19H,1,3-4,6,13H2. The largest absolute Gasteiger partial charge is 0.103 e. The molecule has 0 aliphatic rings. The Hall–Kier alpha value is -2.60. The topological polar surface area (TPSA) is 0 Å². The number of hydrogen-bond donors (Lipinski definition) is 0. The van der Waals surface area contributed by atoms with Crippen molar-refractivity contribution in [1.82, 2.24) is 0 Å². The van der Waals surface area contributed by atoms with E-state index in [2.05, 4.69) is 85.4 Å². The molecule has 0 heteroatoms. The summed E-state index contributed by atoms with van der Waals surface area (Å²) < 4.78 is 0. The lowest BCUT2D eigenvalue weighted by atomic mass is 9.94. The summed E-state index contributed by atoms with van der Waals surface area (Å²) in [5, 5.41) is 0. The highest BCUT2D eigenvalue weighted by Crippen LogP contribution is 2.28. The van der Waals surface area contributed by atoms with Gasteiger partial charge in [0.1, 0.15) is 0 Å². The maximum atomic E-state index is 3.80. The van der Waals surface area contributed by atoms with Crippen LogP contribution >= 0.6 is 0 Å². The Balaban J connectivity index is 1.80. The first kappa shape index (κ1) is 16.3. The van der Waals surface area contributed by atoms with Gasteiger partial charge in [0.25, 0.3) is 0 Å². The molecule has 3 aromatic rings. The zero-order valence-corrected chi connectivity index (χ0v) is 14.1. The molecule has 0 aliphatic heterocycles. The van der Waals surface area contributed by atoms with E-state index in [1.54, 1.807) is 0 Å². The second-order valence-corrected chi connectivity index (χ2v) is 6.13. The summed E-state index contributed by atoms with van der Waals surface area (Å²) in [6.07, 6.45) is 6.67. The Morgan fingerprint density at radius 2 is 1.25 bits per heavy atom. The van der Waals surface area contributed by atoms with E-state index in [4.69, 9.17) is 0 Å². The smallest absolute Gasteiger partial charge is 0.0152 e. The van der Waals surface area contributed by atoms with Gasteiger partial charge in [-0.15, -0.1) is 6.58 Å². The minimum Gasteiger partial charge on any atom is -0.103 e. The predicted molar refractivity (Wildman–Crippen MR) is 105 cm³/mol. The molecule has 3 rings (SSSR count). The van der Waals surface area contributed by atoms with Crippen LogP contribution in [0.3, 0.4) is 0 Å². The van der Waals surface area contributed by atoms with E-state index in [1.165, 1.54) is 40.7 Å². The van der Waals surface area contributed by atoms with Gasteiger partial charge in [0.05, 0.1) is 0 Å². The van der Waals surface area contributed by atoms with Crippen LogP contribution in [0.15, 0.2) is 91.5 Å². The summed E-state index contributed by atoms with van der Waals surface area (Å²) in [5.74, 6) is 0. The highest BCUT2D eigenvalue weighted by molar-refractivity contribution is 5.72. The normalized spacial score (nSPS) is 10.5. The van der Waals surface area contributed by atoms with E-state index in [0.717, 1.165) is 12.8 Å². The van der Waals surface area contributed by atoms with Crippen LogP contribution < -0.4 is 0 Å². The molecule has 0 unspecified atom stereocenters. The lowest BCUT2D eigenvalue weighted by Crippen LogP contribution is -1.90. The first-order chi connectivity index (χ1) is 11.9. The third-order valence-electron chi connectivity index (χ3n) is 4.42. The van der Waals surface area contributed by atoms with Gasteiger partial charge in [-0.2, -0.15) is 0 Å². The quantitative estimate of drug-likeness (QED) is 0.328. The number of aryl methyl sites for hydroxylation is 1. The summed E-state index contributed by atoms with van der Waals surface area (Å²) in [5.41, 5.74) is 6.63. The highest BCUT2D eigenvalue weighted by atomic mass is 14.1. The molecule has 3 aromatic carbocycles. The van der Waals surface area contributed by atoms with Gasteiger partial charge in [-0.3, -0.25) is 0 Å². The zero-order chi connectivity index (χ0) is 16.6. The molecule has 0 aromatic heterocycles. The van der Waals surface area contributed by atoms with Gasteiger partial charge in [0.2, 0.25) is 0 Å². The van der Waals surface area contributed by atoms with Crippen molar-refractivity contribution in [3.8, 4) is 22.3 Å². The molecular formula is C24H24. The van der Waals surface area contributed by atoms with Gasteiger partial charge in [-0.25, -0.2) is 0 Å². The molecule has 0 N–H and O–H groups in total. The van der Waals surface area contributed by atoms with Crippen LogP contribution in [0.2, 0.25) is 0 Å². The molecule has 0 saturated carbocycles. The van der Waals surface area contributed by atoms with Crippen molar-refractivity contribution in [3.05, 3.63) is 97.1 Å². The second kappa shape index (κ2) is 8.31. The molecule has 0 heterocycles. The average Bonchev–Trinajstić information content (AvgIpc) is 2.66. The van der Waals surface area contributed by atoms with Crippen LogP contribution in [0, 0.1) is 0 Å². The van der Waals surface area contributed by atoms with Crippen LogP contribution in [-0.2, 0) is 6.42 Å². The third-order valence-corrected chi connectivity index (χ3v) is 4.42. The van der Waals surface area contributed by atoms with Gasteiger partial charge in [0.15, 0.2) is 0 Å². The molecule has 24 heavy (non-hydrogen) atoms. The molecule has 0 fully saturated rings. The van der Waals surface area contributed by atoms with Crippen molar-refractivity contribution >= 4 is 0 Å². The summed E-state index contributed by atoms with van der Waals surface area (Å²) in [6.45, 7) is 3.80. The summed E-state index contributed by atoms with van der Waals surface area (Å²) in [7, 11) is 0. The first-order valence-electron chi connectivity index (χ1n) is 8.73. The number of allylic oxidation sites excluding steroid dienone is 1. The van der Waals surface area contributed by atoms with Crippen molar-refractivity contribution in [2.75, 3.05) is 0 Å². The van der Waals surface area contributed by atoms with Crippen molar-refractivity contribution in [1.29, 1.82) is 0 Å². The number of hydrogen-bond acceptors (Lipinski definition) is 0. The lowest BCUT2D eigenvalue weighted by molar-refractivity contribution is 0.749. The molecule has 0 nitrogen and oxygen atoms in total. The van der Waals surface area contributed by atoms with Crippen molar-refractivity contribution in [3.63, 3.8) is 0 Å². The summed E-state index contributed by atoms with van der Waals surface area (Å²) >= 11 is 0. The molecule has 0 aliphatic carbocycles. The fourth-order valence-corrected chi connectivity index (χ4v) is 3.10. The van der Waals surface area contributed by atoms with Gasteiger partial charge in [-0.05, 0) is 53.5 Å². The molecule has 0 amide bonds. The van der Waals surface area contributed by atoms with Gasteiger partial charge in [0, 0.05) is 0 Å². The van der Waals surface area contributed by atoms with E-state index in [0.29, 0.717) is 0 Å². The van der Waals surface area contributed by atoms with Gasteiger partial charge < -0.3 is 0 Å². The van der Waals surface area contributed by atoms with Crippen molar-refractivity contribution < 1.29 is 0 Å². The van der Waals surface area contributed by atoms with Crippen molar-refractivity contribution in [2.24, 2.45) is 0 Å². The van der Waals surface area contributed by atoms with Gasteiger partial charge >= 0.3 is 0 Å². The molecule has 0 radical (unpaired) electrons. The molecule has 0 atom stereocenters. The van der Waals surface area contributed by atoms with Crippen LogP contribution in [0.5, 0.6) is 0 Å². The number of benzene rings is 3. The summed E-state index contributed by atoms with van der Waals surface area (Å²) in [4.78, 5) is 0. The van der Waals surface area contributed by atoms with Crippen LogP contribution in [-0.4, -0.2) is 0 Å². The highest BCUT2D eigenvalue weighted by Gasteiger charge is 2.05. The maximum absolute atomic E-state index is 3.80. The number of rotatable bonds is 7. The van der Waals surface area contributed by atoms with Crippen LogP contribution in [0.1, 0.15) is 24.8 Å². The minimum absolute atomic E-state index is 1.11. The average molecular weight is 312 g/mol. The third kappa shape index (κ3) is 4.02. The zero-order valence-electron chi connectivity index (χ0n) is 14.1. The van der Waals surface area contributed by atoms with Crippen LogP contribution in [0.4, 0.5) is 0 Å². The Morgan fingerprint density at radius 1 is 0.625 bits per heavy atom. The molecule has 0 spiro atoms. The van der Waals surface area contributed by atoms with E-state index >= 15 is 0 Å². The fourth-order valence-electron chi connectivity index (χ4n) is 3.10. The SMILES string of the molecule is C=CCCCCc1ccccc1-c1ccc(-c2ccccc2)cc1. The molecule has 120 valence electrons. The Morgan fingerprint density at radius 3 is 2.00 bits per heavy atom. The minimum atomic E-state index is 1.11. The van der Waals surface area contributed by atoms with Gasteiger partial charge in [-0.1, -0.05) is 84.9 Å². The second-order valence-electron chi connectivity index (χ2n) is 6.13. The lowest BCUT2D eigenvalue weighted by Gasteiger charge is -2.10. The monoisotopic (exact) mass is 312 g/mol.